The molecule has 0 aliphatic rings. The Balaban J connectivity index is 1.94. The van der Waals surface area contributed by atoms with Gasteiger partial charge in [0, 0.05) is 13.2 Å². The fourth-order valence-corrected chi connectivity index (χ4v) is 1.75. The first-order chi connectivity index (χ1) is 8.15. The maximum absolute atomic E-state index is 12.6. The van der Waals surface area contributed by atoms with Gasteiger partial charge in [-0.1, -0.05) is 0 Å². The minimum Gasteiger partial charge on any atom is -0.275 e. The minimum atomic E-state index is -0.404. The van der Waals surface area contributed by atoms with Gasteiger partial charge in [-0.3, -0.25) is 9.48 Å². The van der Waals surface area contributed by atoms with E-state index in [1.165, 1.54) is 17.0 Å². The number of aryl methyl sites for hydroxylation is 1. The number of hydrazone groups is 1. The number of hydrogen-bond acceptors (Lipinski definition) is 4. The number of carbonyl (C=O) groups is 1. The molecular formula is C10H9FN4OS. The Labute approximate surface area is 101 Å². The molecule has 2 heterocycles. The SMILES string of the molecule is Cn1ccc(C(=O)N/N=C\c2ccc(F)s2)n1. The van der Waals surface area contributed by atoms with Crippen molar-refractivity contribution in [2.24, 2.45) is 12.1 Å². The number of carbonyl (C=O) groups excluding carboxylic acids is 1. The van der Waals surface area contributed by atoms with Crippen molar-refractivity contribution in [2.45, 2.75) is 0 Å². The molecule has 88 valence electrons. The predicted octanol–water partition coefficient (Wildman–Crippen LogP) is 1.38. The Morgan fingerprint density at radius 2 is 2.41 bits per heavy atom. The molecule has 17 heavy (non-hydrogen) atoms. The zero-order valence-electron chi connectivity index (χ0n) is 8.92. The van der Waals surface area contributed by atoms with Crippen molar-refractivity contribution in [3.05, 3.63) is 40.1 Å². The van der Waals surface area contributed by atoms with Gasteiger partial charge in [0.2, 0.25) is 0 Å². The van der Waals surface area contributed by atoms with E-state index >= 15 is 0 Å². The number of thiophene rings is 1. The maximum atomic E-state index is 12.6. The highest BCUT2D eigenvalue weighted by Crippen LogP contribution is 2.11. The van der Waals surface area contributed by atoms with Crippen LogP contribution in [-0.4, -0.2) is 21.9 Å². The van der Waals surface area contributed by atoms with Crippen LogP contribution in [0.15, 0.2) is 29.5 Å². The van der Waals surface area contributed by atoms with E-state index in [0.29, 0.717) is 4.88 Å². The average Bonchev–Trinajstić information content (AvgIpc) is 2.88. The van der Waals surface area contributed by atoms with Gasteiger partial charge in [-0.15, -0.1) is 11.3 Å². The molecule has 0 spiro atoms. The Kier molecular flexibility index (Phi) is 3.29. The summed E-state index contributed by atoms with van der Waals surface area (Å²) in [4.78, 5) is 12.1. The van der Waals surface area contributed by atoms with Crippen LogP contribution in [-0.2, 0) is 7.05 Å². The Morgan fingerprint density at radius 3 is 3.00 bits per heavy atom. The number of aromatic nitrogens is 2. The number of amides is 1. The standard InChI is InChI=1S/C10H9FN4OS/c1-15-5-4-8(14-15)10(16)13-12-6-7-2-3-9(11)17-7/h2-6H,1H3,(H,13,16)/b12-6-. The van der Waals surface area contributed by atoms with E-state index < -0.39 is 5.91 Å². The van der Waals surface area contributed by atoms with Crippen LogP contribution in [0.3, 0.4) is 0 Å². The second-order valence-electron chi connectivity index (χ2n) is 3.22. The van der Waals surface area contributed by atoms with Crippen LogP contribution in [0.1, 0.15) is 15.4 Å². The molecular weight excluding hydrogens is 243 g/mol. The first kappa shape index (κ1) is 11.5. The van der Waals surface area contributed by atoms with Gasteiger partial charge < -0.3 is 0 Å². The third-order valence-electron chi connectivity index (χ3n) is 1.90. The second-order valence-corrected chi connectivity index (χ2v) is 4.28. The molecule has 0 unspecified atom stereocenters. The lowest BCUT2D eigenvalue weighted by Crippen LogP contribution is -2.18. The van der Waals surface area contributed by atoms with E-state index in [2.05, 4.69) is 15.6 Å². The number of rotatable bonds is 3. The predicted molar refractivity (Wildman–Crippen MR) is 62.5 cm³/mol. The highest BCUT2D eigenvalue weighted by molar-refractivity contribution is 7.12. The summed E-state index contributed by atoms with van der Waals surface area (Å²) in [5.74, 6) is -0.404. The van der Waals surface area contributed by atoms with Crippen LogP contribution in [0.2, 0.25) is 0 Å². The average molecular weight is 252 g/mol. The van der Waals surface area contributed by atoms with Gasteiger partial charge in [-0.05, 0) is 18.2 Å². The van der Waals surface area contributed by atoms with Crippen LogP contribution < -0.4 is 5.43 Å². The zero-order valence-corrected chi connectivity index (χ0v) is 9.74. The fourth-order valence-electron chi connectivity index (χ4n) is 1.15. The molecule has 5 nitrogen and oxygen atoms in total. The van der Waals surface area contributed by atoms with Gasteiger partial charge in [0.1, 0.15) is 0 Å². The molecule has 1 N–H and O–H groups in total. The molecule has 0 aromatic carbocycles. The Bertz CT molecular complexity index is 560. The first-order valence-corrected chi connectivity index (χ1v) is 5.55. The number of hydrogen-bond donors (Lipinski definition) is 1. The molecule has 1 amide bonds. The molecule has 0 bridgehead atoms. The molecule has 2 rings (SSSR count). The van der Waals surface area contributed by atoms with E-state index in [9.17, 15) is 9.18 Å². The quantitative estimate of drug-likeness (QED) is 0.662. The van der Waals surface area contributed by atoms with Gasteiger partial charge in [0.25, 0.3) is 5.91 Å². The monoisotopic (exact) mass is 252 g/mol. The van der Waals surface area contributed by atoms with Crippen LogP contribution in [0, 0.1) is 5.13 Å². The second kappa shape index (κ2) is 4.88. The highest BCUT2D eigenvalue weighted by Gasteiger charge is 2.06. The van der Waals surface area contributed by atoms with Crippen molar-refractivity contribution in [3.8, 4) is 0 Å². The van der Waals surface area contributed by atoms with E-state index in [0.717, 1.165) is 11.3 Å². The van der Waals surface area contributed by atoms with Crippen LogP contribution in [0.4, 0.5) is 4.39 Å². The largest absolute Gasteiger partial charge is 0.291 e. The number of halogens is 1. The summed E-state index contributed by atoms with van der Waals surface area (Å²) in [6, 6.07) is 4.50. The number of nitrogens with one attached hydrogen (secondary N) is 1. The van der Waals surface area contributed by atoms with Crippen molar-refractivity contribution < 1.29 is 9.18 Å². The molecule has 7 heteroatoms. The van der Waals surface area contributed by atoms with Crippen molar-refractivity contribution in [3.63, 3.8) is 0 Å². The van der Waals surface area contributed by atoms with Crippen molar-refractivity contribution >= 4 is 23.5 Å². The van der Waals surface area contributed by atoms with Gasteiger partial charge in [0.15, 0.2) is 10.8 Å². The summed E-state index contributed by atoms with van der Waals surface area (Å²) >= 11 is 0.952. The smallest absolute Gasteiger partial charge is 0.275 e. The molecule has 0 aliphatic heterocycles. The van der Waals surface area contributed by atoms with E-state index in [-0.39, 0.29) is 10.8 Å². The van der Waals surface area contributed by atoms with Crippen molar-refractivity contribution in [2.75, 3.05) is 0 Å². The maximum Gasteiger partial charge on any atom is 0.291 e. The zero-order chi connectivity index (χ0) is 12.3. The molecule has 0 saturated heterocycles. The Morgan fingerprint density at radius 1 is 1.59 bits per heavy atom. The lowest BCUT2D eigenvalue weighted by Gasteiger charge is -1.93. The molecule has 2 aromatic heterocycles. The highest BCUT2D eigenvalue weighted by atomic mass is 32.1. The molecule has 0 saturated carbocycles. The summed E-state index contributed by atoms with van der Waals surface area (Å²) in [5, 5.41) is 7.33. The normalized spacial score (nSPS) is 10.9. The van der Waals surface area contributed by atoms with Crippen molar-refractivity contribution in [1.29, 1.82) is 0 Å². The lowest BCUT2D eigenvalue weighted by atomic mass is 10.4. The lowest BCUT2D eigenvalue weighted by molar-refractivity contribution is 0.0949. The summed E-state index contributed by atoms with van der Waals surface area (Å²) in [5.41, 5.74) is 2.59. The van der Waals surface area contributed by atoms with Gasteiger partial charge in [-0.2, -0.15) is 14.6 Å². The third kappa shape index (κ3) is 2.97. The summed E-state index contributed by atoms with van der Waals surface area (Å²) < 4.78 is 14.2. The molecule has 0 atom stereocenters. The molecule has 2 aromatic rings. The topological polar surface area (TPSA) is 59.3 Å². The summed E-state index contributed by atoms with van der Waals surface area (Å²) in [6.07, 6.45) is 3.04. The van der Waals surface area contributed by atoms with Gasteiger partial charge in [0.05, 0.1) is 11.1 Å². The molecule has 0 fully saturated rings. The van der Waals surface area contributed by atoms with E-state index in [1.807, 2.05) is 0 Å². The molecule has 0 radical (unpaired) electrons. The number of nitrogens with zero attached hydrogens (tertiary/aromatic N) is 3. The van der Waals surface area contributed by atoms with E-state index in [4.69, 9.17) is 0 Å². The van der Waals surface area contributed by atoms with Crippen LogP contribution in [0.25, 0.3) is 0 Å². The van der Waals surface area contributed by atoms with E-state index in [1.54, 1.807) is 25.4 Å². The minimum absolute atomic E-state index is 0.280. The third-order valence-corrected chi connectivity index (χ3v) is 2.71. The van der Waals surface area contributed by atoms with Crippen LogP contribution >= 0.6 is 11.3 Å². The van der Waals surface area contributed by atoms with Crippen molar-refractivity contribution in [1.82, 2.24) is 15.2 Å². The summed E-state index contributed by atoms with van der Waals surface area (Å²) in [6.45, 7) is 0. The van der Waals surface area contributed by atoms with Gasteiger partial charge >= 0.3 is 0 Å². The first-order valence-electron chi connectivity index (χ1n) is 4.73. The molecule has 0 aliphatic carbocycles. The van der Waals surface area contributed by atoms with Gasteiger partial charge in [-0.25, -0.2) is 5.43 Å². The Hall–Kier alpha value is -2.02. The summed E-state index contributed by atoms with van der Waals surface area (Å²) in [7, 11) is 1.72. The fraction of sp³-hybridized carbons (Fsp3) is 0.100. The van der Waals surface area contributed by atoms with Crippen LogP contribution in [0.5, 0.6) is 0 Å².